The number of nitrogens with zero attached hydrogens (tertiary/aromatic N) is 4. The molecule has 0 aliphatic rings. The Hall–Kier alpha value is -2.63. The zero-order chi connectivity index (χ0) is 14.7. The van der Waals surface area contributed by atoms with Crippen LogP contribution in [-0.2, 0) is 20.0 Å². The zero-order valence-corrected chi connectivity index (χ0v) is 12.2. The number of aromatic nitrogens is 5. The van der Waals surface area contributed by atoms with Crippen molar-refractivity contribution < 1.29 is 0 Å². The van der Waals surface area contributed by atoms with Gasteiger partial charge >= 0.3 is 0 Å². The molecule has 0 saturated heterocycles. The van der Waals surface area contributed by atoms with Crippen LogP contribution >= 0.6 is 0 Å². The van der Waals surface area contributed by atoms with Crippen LogP contribution in [0.15, 0.2) is 36.9 Å². The molecule has 0 radical (unpaired) electrons. The van der Waals surface area contributed by atoms with Crippen LogP contribution in [0, 0.1) is 0 Å². The summed E-state index contributed by atoms with van der Waals surface area (Å²) in [6, 6.07) is 3.94. The van der Waals surface area contributed by atoms with Gasteiger partial charge in [0.05, 0.1) is 23.3 Å². The van der Waals surface area contributed by atoms with Gasteiger partial charge in [0.2, 0.25) is 0 Å². The molecule has 0 aromatic carbocycles. The first-order chi connectivity index (χ1) is 10.3. The Morgan fingerprint density at radius 1 is 1.33 bits per heavy atom. The maximum absolute atomic E-state index is 4.43. The van der Waals surface area contributed by atoms with Gasteiger partial charge in [-0.1, -0.05) is 6.92 Å². The molecule has 0 fully saturated rings. The van der Waals surface area contributed by atoms with Crippen molar-refractivity contribution in [1.82, 2.24) is 25.0 Å². The predicted octanol–water partition coefficient (Wildman–Crippen LogP) is 2.38. The number of aromatic amines is 1. The smallest absolute Gasteiger partial charge is 0.0853 e. The fourth-order valence-corrected chi connectivity index (χ4v) is 2.34. The van der Waals surface area contributed by atoms with E-state index in [0.29, 0.717) is 6.54 Å². The van der Waals surface area contributed by atoms with Crippen LogP contribution in [0.4, 0.5) is 5.69 Å². The number of H-pyrrole nitrogens is 1. The molecule has 0 bridgehead atoms. The summed E-state index contributed by atoms with van der Waals surface area (Å²) >= 11 is 0. The summed E-state index contributed by atoms with van der Waals surface area (Å²) in [5, 5.41) is 15.1. The Labute approximate surface area is 123 Å². The van der Waals surface area contributed by atoms with Gasteiger partial charge in [0, 0.05) is 43.3 Å². The third-order valence-electron chi connectivity index (χ3n) is 3.38. The second kappa shape index (κ2) is 5.78. The van der Waals surface area contributed by atoms with E-state index in [0.717, 1.165) is 34.6 Å². The number of rotatable bonds is 5. The molecule has 0 atom stereocenters. The fourth-order valence-electron chi connectivity index (χ4n) is 2.34. The molecule has 6 nitrogen and oxygen atoms in total. The van der Waals surface area contributed by atoms with Gasteiger partial charge in [-0.2, -0.15) is 10.2 Å². The van der Waals surface area contributed by atoms with Crippen LogP contribution < -0.4 is 5.32 Å². The van der Waals surface area contributed by atoms with Crippen molar-refractivity contribution in [3.05, 3.63) is 48.2 Å². The Balaban J connectivity index is 1.79. The summed E-state index contributed by atoms with van der Waals surface area (Å²) in [5.74, 6) is 0. The van der Waals surface area contributed by atoms with Gasteiger partial charge in [-0.25, -0.2) is 0 Å². The normalized spacial score (nSPS) is 10.8. The van der Waals surface area contributed by atoms with Crippen molar-refractivity contribution in [3.63, 3.8) is 0 Å². The zero-order valence-electron chi connectivity index (χ0n) is 12.2. The number of hydrogen-bond donors (Lipinski definition) is 2. The van der Waals surface area contributed by atoms with Crippen molar-refractivity contribution in [2.75, 3.05) is 5.32 Å². The Bertz CT molecular complexity index is 713. The number of pyridine rings is 1. The van der Waals surface area contributed by atoms with Crippen molar-refractivity contribution in [2.24, 2.45) is 7.05 Å². The molecule has 0 saturated carbocycles. The fraction of sp³-hybridized carbons (Fsp3) is 0.267. The Morgan fingerprint density at radius 3 is 3.00 bits per heavy atom. The highest BCUT2D eigenvalue weighted by atomic mass is 15.3. The quantitative estimate of drug-likeness (QED) is 0.753. The van der Waals surface area contributed by atoms with Gasteiger partial charge in [0.15, 0.2) is 0 Å². The molecule has 0 aliphatic heterocycles. The van der Waals surface area contributed by atoms with Crippen molar-refractivity contribution >= 4 is 5.69 Å². The van der Waals surface area contributed by atoms with Gasteiger partial charge in [0.1, 0.15) is 0 Å². The Kier molecular flexibility index (Phi) is 3.68. The SMILES string of the molecule is CCc1nn(C)cc1NCc1cn[nH]c1-c1cccnc1. The Morgan fingerprint density at radius 2 is 2.24 bits per heavy atom. The summed E-state index contributed by atoms with van der Waals surface area (Å²) in [7, 11) is 1.93. The van der Waals surface area contributed by atoms with E-state index in [1.807, 2.05) is 42.5 Å². The molecule has 3 heterocycles. The highest BCUT2D eigenvalue weighted by Crippen LogP contribution is 2.21. The highest BCUT2D eigenvalue weighted by Gasteiger charge is 2.10. The van der Waals surface area contributed by atoms with Crippen LogP contribution in [0.25, 0.3) is 11.3 Å². The third-order valence-corrected chi connectivity index (χ3v) is 3.38. The van der Waals surface area contributed by atoms with Crippen molar-refractivity contribution in [1.29, 1.82) is 0 Å². The number of aryl methyl sites for hydroxylation is 2. The maximum Gasteiger partial charge on any atom is 0.0853 e. The van der Waals surface area contributed by atoms with Crippen LogP contribution in [0.5, 0.6) is 0 Å². The van der Waals surface area contributed by atoms with E-state index in [1.54, 1.807) is 6.20 Å². The molecule has 2 N–H and O–H groups in total. The molecule has 0 aliphatic carbocycles. The van der Waals surface area contributed by atoms with E-state index >= 15 is 0 Å². The lowest BCUT2D eigenvalue weighted by Crippen LogP contribution is -2.01. The molecule has 6 heteroatoms. The lowest BCUT2D eigenvalue weighted by molar-refractivity contribution is 0.746. The molecule has 21 heavy (non-hydrogen) atoms. The van der Waals surface area contributed by atoms with Crippen molar-refractivity contribution in [2.45, 2.75) is 19.9 Å². The second-order valence-electron chi connectivity index (χ2n) is 4.88. The lowest BCUT2D eigenvalue weighted by atomic mass is 10.1. The first-order valence-electron chi connectivity index (χ1n) is 6.97. The number of nitrogens with one attached hydrogen (secondary N) is 2. The van der Waals surface area contributed by atoms with Gasteiger partial charge < -0.3 is 5.32 Å². The number of anilines is 1. The molecule has 0 unspecified atom stereocenters. The molecule has 0 amide bonds. The van der Waals surface area contributed by atoms with Crippen LogP contribution in [0.1, 0.15) is 18.2 Å². The molecular weight excluding hydrogens is 264 g/mol. The van der Waals surface area contributed by atoms with Crippen LogP contribution in [-0.4, -0.2) is 25.0 Å². The predicted molar refractivity (Wildman–Crippen MR) is 81.7 cm³/mol. The van der Waals surface area contributed by atoms with Gasteiger partial charge in [0.25, 0.3) is 0 Å². The molecular formula is C15H18N6. The average Bonchev–Trinajstić information content (AvgIpc) is 3.12. The molecule has 0 spiro atoms. The molecule has 3 aromatic rings. The monoisotopic (exact) mass is 282 g/mol. The summed E-state index contributed by atoms with van der Waals surface area (Å²) in [6.07, 6.45) is 8.35. The van der Waals surface area contributed by atoms with E-state index in [9.17, 15) is 0 Å². The minimum atomic E-state index is 0.694. The number of hydrogen-bond acceptors (Lipinski definition) is 4. The third kappa shape index (κ3) is 2.79. The van der Waals surface area contributed by atoms with E-state index < -0.39 is 0 Å². The summed E-state index contributed by atoms with van der Waals surface area (Å²) in [5.41, 5.74) is 5.28. The van der Waals surface area contributed by atoms with E-state index in [-0.39, 0.29) is 0 Å². The van der Waals surface area contributed by atoms with E-state index in [2.05, 4.69) is 32.5 Å². The average molecular weight is 282 g/mol. The first kappa shape index (κ1) is 13.4. The molecule has 108 valence electrons. The molecule has 3 aromatic heterocycles. The largest absolute Gasteiger partial charge is 0.378 e. The van der Waals surface area contributed by atoms with Gasteiger partial charge in [-0.05, 0) is 18.6 Å². The van der Waals surface area contributed by atoms with Crippen LogP contribution in [0.2, 0.25) is 0 Å². The van der Waals surface area contributed by atoms with Gasteiger partial charge in [-0.15, -0.1) is 0 Å². The summed E-state index contributed by atoms with van der Waals surface area (Å²) in [6.45, 7) is 2.80. The van der Waals surface area contributed by atoms with Gasteiger partial charge in [-0.3, -0.25) is 14.8 Å². The summed E-state index contributed by atoms with van der Waals surface area (Å²) in [4.78, 5) is 4.15. The maximum atomic E-state index is 4.43. The topological polar surface area (TPSA) is 71.4 Å². The van der Waals surface area contributed by atoms with E-state index in [4.69, 9.17) is 0 Å². The minimum absolute atomic E-state index is 0.694. The highest BCUT2D eigenvalue weighted by molar-refractivity contribution is 5.62. The van der Waals surface area contributed by atoms with Crippen LogP contribution in [0.3, 0.4) is 0 Å². The second-order valence-corrected chi connectivity index (χ2v) is 4.88. The molecule has 3 rings (SSSR count). The van der Waals surface area contributed by atoms with E-state index in [1.165, 1.54) is 0 Å². The summed E-state index contributed by atoms with van der Waals surface area (Å²) < 4.78 is 1.83. The lowest BCUT2D eigenvalue weighted by Gasteiger charge is -2.06. The standard InChI is InChI=1S/C15H18N6/c1-3-13-14(10-21(2)20-13)17-8-12-9-18-19-15(12)11-5-4-6-16-7-11/h4-7,9-10,17H,3,8H2,1-2H3,(H,18,19). The first-order valence-corrected chi connectivity index (χ1v) is 6.97. The van der Waals surface area contributed by atoms with Crippen molar-refractivity contribution in [3.8, 4) is 11.3 Å². The minimum Gasteiger partial charge on any atom is -0.378 e.